The van der Waals surface area contributed by atoms with Crippen molar-refractivity contribution in [1.29, 1.82) is 0 Å². The van der Waals surface area contributed by atoms with Crippen LogP contribution in [-0.2, 0) is 11.4 Å². The first-order valence-corrected chi connectivity index (χ1v) is 7.81. The summed E-state index contributed by atoms with van der Waals surface area (Å²) < 4.78 is 1.80. The Hall–Kier alpha value is -3.35. The van der Waals surface area contributed by atoms with E-state index in [1.807, 2.05) is 61.6 Å². The largest absolute Gasteiger partial charge is 0.389 e. The van der Waals surface area contributed by atoms with Crippen LogP contribution in [-0.4, -0.2) is 34.7 Å². The topological polar surface area (TPSA) is 81.6 Å². The summed E-state index contributed by atoms with van der Waals surface area (Å²) in [6, 6.07) is 13.4. The molecule has 128 valence electrons. The second-order valence-electron chi connectivity index (χ2n) is 5.66. The van der Waals surface area contributed by atoms with Gasteiger partial charge >= 0.3 is 0 Å². The minimum atomic E-state index is 0.318. The van der Waals surface area contributed by atoms with Gasteiger partial charge in [0.1, 0.15) is 12.4 Å². The van der Waals surface area contributed by atoms with Gasteiger partial charge in [0.2, 0.25) is 0 Å². The summed E-state index contributed by atoms with van der Waals surface area (Å²) in [5, 5.41) is 8.19. The van der Waals surface area contributed by atoms with Gasteiger partial charge in [0.15, 0.2) is 5.84 Å². The molecule has 3 aromatic rings. The summed E-state index contributed by atoms with van der Waals surface area (Å²) in [6.07, 6.45) is 5.34. The predicted octanol–water partition coefficient (Wildman–Crippen LogP) is 2.17. The fourth-order valence-corrected chi connectivity index (χ4v) is 2.22. The van der Waals surface area contributed by atoms with Crippen molar-refractivity contribution < 1.29 is 4.84 Å². The van der Waals surface area contributed by atoms with E-state index in [0.29, 0.717) is 12.4 Å². The quantitative estimate of drug-likeness (QED) is 0.424. The lowest BCUT2D eigenvalue weighted by Crippen LogP contribution is -2.16. The Morgan fingerprint density at radius 3 is 2.68 bits per heavy atom. The molecule has 7 nitrogen and oxygen atoms in total. The predicted molar refractivity (Wildman–Crippen MR) is 97.6 cm³/mol. The average molecular weight is 336 g/mol. The maximum Gasteiger partial charge on any atom is 0.170 e. The number of nitrogens with two attached hydrogens (primary N) is 1. The molecule has 0 saturated carbocycles. The Bertz CT molecular complexity index is 840. The molecule has 7 heteroatoms. The highest BCUT2D eigenvalue weighted by atomic mass is 16.6. The van der Waals surface area contributed by atoms with Crippen molar-refractivity contribution in [2.75, 3.05) is 19.0 Å². The van der Waals surface area contributed by atoms with E-state index in [1.165, 1.54) is 0 Å². The van der Waals surface area contributed by atoms with Gasteiger partial charge < -0.3 is 15.5 Å². The Balaban J connectivity index is 1.61. The van der Waals surface area contributed by atoms with Gasteiger partial charge in [0.25, 0.3) is 0 Å². The van der Waals surface area contributed by atoms with Crippen molar-refractivity contribution in [3.8, 4) is 5.69 Å². The number of oxime groups is 1. The lowest BCUT2D eigenvalue weighted by molar-refractivity contribution is 0.130. The molecule has 0 radical (unpaired) electrons. The van der Waals surface area contributed by atoms with Crippen LogP contribution in [0, 0.1) is 0 Å². The molecule has 2 aromatic heterocycles. The number of pyridine rings is 1. The van der Waals surface area contributed by atoms with Crippen LogP contribution in [0.2, 0.25) is 0 Å². The van der Waals surface area contributed by atoms with E-state index in [9.17, 15) is 0 Å². The zero-order chi connectivity index (χ0) is 17.6. The van der Waals surface area contributed by atoms with E-state index in [0.717, 1.165) is 22.6 Å². The van der Waals surface area contributed by atoms with Gasteiger partial charge in [-0.2, -0.15) is 5.10 Å². The zero-order valence-electron chi connectivity index (χ0n) is 14.2. The van der Waals surface area contributed by atoms with E-state index >= 15 is 0 Å². The normalized spacial score (nSPS) is 11.4. The Morgan fingerprint density at radius 2 is 2.00 bits per heavy atom. The molecule has 0 bridgehead atoms. The standard InChI is InChI=1S/C18H20N6O/c1-23(2)17-12-15(8-10-20-17)18(19)22-25-13-14-4-6-16(7-5-14)24-11-3-9-21-24/h3-12H,13H2,1-2H3,(H2,19,22). The van der Waals surface area contributed by atoms with E-state index in [4.69, 9.17) is 10.6 Å². The summed E-state index contributed by atoms with van der Waals surface area (Å²) in [6.45, 7) is 0.339. The molecule has 3 rings (SSSR count). The molecule has 1 aromatic carbocycles. The van der Waals surface area contributed by atoms with Crippen molar-refractivity contribution in [3.05, 3.63) is 72.2 Å². The van der Waals surface area contributed by atoms with Crippen LogP contribution in [0.5, 0.6) is 0 Å². The third kappa shape index (κ3) is 4.14. The lowest BCUT2D eigenvalue weighted by Gasteiger charge is -2.11. The number of hydrogen-bond acceptors (Lipinski definition) is 5. The van der Waals surface area contributed by atoms with Crippen LogP contribution in [0.4, 0.5) is 5.82 Å². The summed E-state index contributed by atoms with van der Waals surface area (Å²) in [7, 11) is 3.84. The second kappa shape index (κ2) is 7.48. The Labute approximate surface area is 146 Å². The average Bonchev–Trinajstić information content (AvgIpc) is 3.17. The van der Waals surface area contributed by atoms with Crippen LogP contribution >= 0.6 is 0 Å². The number of rotatable bonds is 6. The van der Waals surface area contributed by atoms with Crippen LogP contribution in [0.3, 0.4) is 0 Å². The molecule has 0 saturated heterocycles. The van der Waals surface area contributed by atoms with Gasteiger partial charge in [-0.15, -0.1) is 0 Å². The van der Waals surface area contributed by atoms with Crippen LogP contribution in [0.25, 0.3) is 5.69 Å². The maximum absolute atomic E-state index is 5.98. The molecular weight excluding hydrogens is 316 g/mol. The molecule has 0 fully saturated rings. The molecular formula is C18H20N6O. The van der Waals surface area contributed by atoms with Crippen LogP contribution < -0.4 is 10.6 Å². The highest BCUT2D eigenvalue weighted by Gasteiger charge is 2.04. The number of anilines is 1. The third-order valence-electron chi connectivity index (χ3n) is 3.60. The number of amidine groups is 1. The minimum absolute atomic E-state index is 0.318. The third-order valence-corrected chi connectivity index (χ3v) is 3.60. The number of benzene rings is 1. The van der Waals surface area contributed by atoms with Crippen LogP contribution in [0.15, 0.2) is 66.2 Å². The summed E-state index contributed by atoms with van der Waals surface area (Å²) in [4.78, 5) is 11.5. The van der Waals surface area contributed by atoms with Gasteiger partial charge in [-0.3, -0.25) is 0 Å². The Morgan fingerprint density at radius 1 is 1.20 bits per heavy atom. The van der Waals surface area contributed by atoms with Crippen molar-refractivity contribution in [3.63, 3.8) is 0 Å². The van der Waals surface area contributed by atoms with Crippen LogP contribution in [0.1, 0.15) is 11.1 Å². The van der Waals surface area contributed by atoms with Crippen molar-refractivity contribution in [2.24, 2.45) is 10.9 Å². The minimum Gasteiger partial charge on any atom is -0.389 e. The van der Waals surface area contributed by atoms with E-state index in [1.54, 1.807) is 23.1 Å². The smallest absolute Gasteiger partial charge is 0.170 e. The first kappa shape index (κ1) is 16.5. The maximum atomic E-state index is 5.98. The molecule has 0 aliphatic carbocycles. The zero-order valence-corrected chi connectivity index (χ0v) is 14.2. The summed E-state index contributed by atoms with van der Waals surface area (Å²) in [5.41, 5.74) is 8.74. The van der Waals surface area contributed by atoms with Crippen molar-refractivity contribution >= 4 is 11.7 Å². The molecule has 25 heavy (non-hydrogen) atoms. The molecule has 0 unspecified atom stereocenters. The van der Waals surface area contributed by atoms with E-state index in [-0.39, 0.29) is 0 Å². The second-order valence-corrected chi connectivity index (χ2v) is 5.66. The molecule has 0 atom stereocenters. The highest BCUT2D eigenvalue weighted by Crippen LogP contribution is 2.11. The molecule has 2 heterocycles. The highest BCUT2D eigenvalue weighted by molar-refractivity contribution is 5.97. The molecule has 0 amide bonds. The van der Waals surface area contributed by atoms with Crippen molar-refractivity contribution in [2.45, 2.75) is 6.61 Å². The molecule has 0 aliphatic heterocycles. The van der Waals surface area contributed by atoms with Gasteiger partial charge in [-0.05, 0) is 35.9 Å². The molecule has 0 aliphatic rings. The van der Waals surface area contributed by atoms with Gasteiger partial charge in [-0.25, -0.2) is 9.67 Å². The fraction of sp³-hybridized carbons (Fsp3) is 0.167. The number of nitrogens with zero attached hydrogens (tertiary/aromatic N) is 5. The van der Waals surface area contributed by atoms with E-state index in [2.05, 4.69) is 15.2 Å². The van der Waals surface area contributed by atoms with Gasteiger partial charge in [0.05, 0.1) is 5.69 Å². The Kier molecular flexibility index (Phi) is 4.94. The monoisotopic (exact) mass is 336 g/mol. The summed E-state index contributed by atoms with van der Waals surface area (Å²) >= 11 is 0. The lowest BCUT2D eigenvalue weighted by atomic mass is 10.2. The SMILES string of the molecule is CN(C)c1cc(/C(N)=N/OCc2ccc(-n3cccn3)cc2)ccn1. The first-order valence-electron chi connectivity index (χ1n) is 7.81. The van der Waals surface area contributed by atoms with Gasteiger partial charge in [0, 0.05) is 38.2 Å². The summed E-state index contributed by atoms with van der Waals surface area (Å²) in [5.74, 6) is 1.13. The molecule has 2 N–H and O–H groups in total. The first-order chi connectivity index (χ1) is 12.1. The van der Waals surface area contributed by atoms with E-state index < -0.39 is 0 Å². The fourth-order valence-electron chi connectivity index (χ4n) is 2.22. The number of hydrogen-bond donors (Lipinski definition) is 1. The number of aromatic nitrogens is 3. The van der Waals surface area contributed by atoms with Gasteiger partial charge in [-0.1, -0.05) is 17.3 Å². The van der Waals surface area contributed by atoms with Crippen molar-refractivity contribution in [1.82, 2.24) is 14.8 Å². The molecule has 0 spiro atoms.